The summed E-state index contributed by atoms with van der Waals surface area (Å²) in [5.74, 6) is 0.282. The van der Waals surface area contributed by atoms with Gasteiger partial charge in [0.15, 0.2) is 0 Å². The van der Waals surface area contributed by atoms with E-state index in [1.807, 2.05) is 29.2 Å². The average Bonchev–Trinajstić information content (AvgIpc) is 2.68. The van der Waals surface area contributed by atoms with Crippen LogP contribution in [0.5, 0.6) is 0 Å². The number of nitrogens with zero attached hydrogens (tertiary/aromatic N) is 4. The van der Waals surface area contributed by atoms with E-state index in [9.17, 15) is 9.59 Å². The fourth-order valence-electron chi connectivity index (χ4n) is 2.98. The van der Waals surface area contributed by atoms with Crippen LogP contribution in [-0.4, -0.2) is 59.9 Å². The smallest absolute Gasteiger partial charge is 0.254 e. The number of amides is 2. The minimum atomic E-state index is -0.583. The van der Waals surface area contributed by atoms with E-state index >= 15 is 0 Å². The van der Waals surface area contributed by atoms with Crippen LogP contribution in [0, 0.1) is 0 Å². The molecule has 1 fully saturated rings. The Morgan fingerprint density at radius 3 is 2.33 bits per heavy atom. The lowest BCUT2D eigenvalue weighted by atomic mass is 10.2. The Morgan fingerprint density at radius 2 is 1.78 bits per heavy atom. The standard InChI is InChI=1S/C18H23N7O2/c1-12(26)24-7-9-25(10-8-24)14-5-3-13(4-6-14)22-18-21-11-15(16(19)27)17(20-2)23-18/h3-6,11H,7-10H2,1-2H3,(H2,19,27)(H2,20,21,22,23). The van der Waals surface area contributed by atoms with Gasteiger partial charge in [0.25, 0.3) is 5.91 Å². The molecule has 3 rings (SSSR count). The zero-order chi connectivity index (χ0) is 19.4. The van der Waals surface area contributed by atoms with Gasteiger partial charge in [-0.15, -0.1) is 0 Å². The minimum absolute atomic E-state index is 0.123. The van der Waals surface area contributed by atoms with E-state index in [-0.39, 0.29) is 11.5 Å². The number of piperazine rings is 1. The molecule has 0 bridgehead atoms. The molecule has 0 spiro atoms. The van der Waals surface area contributed by atoms with E-state index in [1.165, 1.54) is 6.20 Å². The summed E-state index contributed by atoms with van der Waals surface area (Å²) in [7, 11) is 1.67. The maximum absolute atomic E-state index is 11.4. The Balaban J connectivity index is 1.66. The lowest BCUT2D eigenvalue weighted by molar-refractivity contribution is -0.129. The van der Waals surface area contributed by atoms with Crippen molar-refractivity contribution in [2.75, 3.05) is 48.8 Å². The van der Waals surface area contributed by atoms with Gasteiger partial charge in [0, 0.05) is 57.7 Å². The van der Waals surface area contributed by atoms with Gasteiger partial charge in [-0.05, 0) is 24.3 Å². The van der Waals surface area contributed by atoms with Crippen molar-refractivity contribution in [2.24, 2.45) is 5.73 Å². The molecule has 1 aliphatic rings. The van der Waals surface area contributed by atoms with Crippen LogP contribution in [0.4, 0.5) is 23.1 Å². The number of carbonyl (C=O) groups excluding carboxylic acids is 2. The zero-order valence-electron chi connectivity index (χ0n) is 15.4. The van der Waals surface area contributed by atoms with Crippen molar-refractivity contribution in [2.45, 2.75) is 6.92 Å². The van der Waals surface area contributed by atoms with Crippen LogP contribution in [0.2, 0.25) is 0 Å². The number of carbonyl (C=O) groups is 2. The van der Waals surface area contributed by atoms with Gasteiger partial charge in [0.1, 0.15) is 5.82 Å². The molecule has 2 aromatic rings. The molecule has 2 heterocycles. The highest BCUT2D eigenvalue weighted by Crippen LogP contribution is 2.22. The number of anilines is 4. The first-order valence-corrected chi connectivity index (χ1v) is 8.70. The zero-order valence-corrected chi connectivity index (χ0v) is 15.4. The molecular weight excluding hydrogens is 346 g/mol. The second-order valence-corrected chi connectivity index (χ2v) is 6.24. The largest absolute Gasteiger partial charge is 0.372 e. The van der Waals surface area contributed by atoms with Crippen molar-refractivity contribution < 1.29 is 9.59 Å². The number of hydrogen-bond donors (Lipinski definition) is 3. The van der Waals surface area contributed by atoms with Gasteiger partial charge >= 0.3 is 0 Å². The molecule has 1 saturated heterocycles. The fraction of sp³-hybridized carbons (Fsp3) is 0.333. The predicted octanol–water partition coefficient (Wildman–Crippen LogP) is 1.03. The van der Waals surface area contributed by atoms with Crippen molar-refractivity contribution in [1.82, 2.24) is 14.9 Å². The summed E-state index contributed by atoms with van der Waals surface area (Å²) in [6.07, 6.45) is 1.40. The third-order valence-electron chi connectivity index (χ3n) is 4.50. The van der Waals surface area contributed by atoms with Crippen molar-refractivity contribution in [3.63, 3.8) is 0 Å². The molecule has 0 saturated carbocycles. The van der Waals surface area contributed by atoms with Crippen LogP contribution >= 0.6 is 0 Å². The van der Waals surface area contributed by atoms with Crippen molar-refractivity contribution in [3.8, 4) is 0 Å². The Hall–Kier alpha value is -3.36. The third-order valence-corrected chi connectivity index (χ3v) is 4.50. The summed E-state index contributed by atoms with van der Waals surface area (Å²) in [5.41, 5.74) is 7.47. The van der Waals surface area contributed by atoms with Gasteiger partial charge in [-0.2, -0.15) is 4.98 Å². The third kappa shape index (κ3) is 4.25. The molecule has 9 heteroatoms. The molecule has 1 aliphatic heterocycles. The first kappa shape index (κ1) is 18.4. The Labute approximate surface area is 157 Å². The van der Waals surface area contributed by atoms with Crippen LogP contribution in [0.25, 0.3) is 0 Å². The Morgan fingerprint density at radius 1 is 1.11 bits per heavy atom. The molecule has 1 aromatic heterocycles. The van der Waals surface area contributed by atoms with Gasteiger partial charge in [-0.1, -0.05) is 0 Å². The molecule has 27 heavy (non-hydrogen) atoms. The second kappa shape index (κ2) is 7.90. The highest BCUT2D eigenvalue weighted by molar-refractivity contribution is 5.97. The summed E-state index contributed by atoms with van der Waals surface area (Å²) in [4.78, 5) is 35.3. The summed E-state index contributed by atoms with van der Waals surface area (Å²) in [6, 6.07) is 7.92. The first-order chi connectivity index (χ1) is 13.0. The van der Waals surface area contributed by atoms with Gasteiger partial charge in [-0.3, -0.25) is 9.59 Å². The molecule has 1 aromatic carbocycles. The van der Waals surface area contributed by atoms with Crippen LogP contribution in [0.3, 0.4) is 0 Å². The second-order valence-electron chi connectivity index (χ2n) is 6.24. The van der Waals surface area contributed by atoms with E-state index in [0.29, 0.717) is 11.8 Å². The van der Waals surface area contributed by atoms with Crippen LogP contribution in [0.15, 0.2) is 30.5 Å². The minimum Gasteiger partial charge on any atom is -0.372 e. The summed E-state index contributed by atoms with van der Waals surface area (Å²) >= 11 is 0. The number of rotatable bonds is 5. The number of primary amides is 1. The molecule has 0 radical (unpaired) electrons. The Kier molecular flexibility index (Phi) is 5.39. The molecule has 0 unspecified atom stereocenters. The number of aromatic nitrogens is 2. The maximum Gasteiger partial charge on any atom is 0.254 e. The average molecular weight is 369 g/mol. The number of benzene rings is 1. The number of nitrogens with one attached hydrogen (secondary N) is 2. The van der Waals surface area contributed by atoms with Crippen LogP contribution in [0.1, 0.15) is 17.3 Å². The van der Waals surface area contributed by atoms with Crippen molar-refractivity contribution in [3.05, 3.63) is 36.0 Å². The topological polar surface area (TPSA) is 116 Å². The monoisotopic (exact) mass is 369 g/mol. The van der Waals surface area contributed by atoms with Gasteiger partial charge in [0.2, 0.25) is 11.9 Å². The quantitative estimate of drug-likeness (QED) is 0.721. The lowest BCUT2D eigenvalue weighted by Crippen LogP contribution is -2.48. The number of hydrogen-bond acceptors (Lipinski definition) is 7. The van der Waals surface area contributed by atoms with Gasteiger partial charge in [-0.25, -0.2) is 4.98 Å². The fourth-order valence-corrected chi connectivity index (χ4v) is 2.98. The van der Waals surface area contributed by atoms with E-state index in [2.05, 4.69) is 25.5 Å². The summed E-state index contributed by atoms with van der Waals surface area (Å²) in [5, 5.41) is 5.95. The van der Waals surface area contributed by atoms with Crippen LogP contribution < -0.4 is 21.3 Å². The summed E-state index contributed by atoms with van der Waals surface area (Å²) < 4.78 is 0. The van der Waals surface area contributed by atoms with E-state index in [4.69, 9.17) is 5.73 Å². The molecule has 2 amide bonds. The van der Waals surface area contributed by atoms with Crippen LogP contribution in [-0.2, 0) is 4.79 Å². The van der Waals surface area contributed by atoms with E-state index in [0.717, 1.165) is 37.6 Å². The highest BCUT2D eigenvalue weighted by Gasteiger charge is 2.18. The molecule has 9 nitrogen and oxygen atoms in total. The predicted molar refractivity (Wildman–Crippen MR) is 104 cm³/mol. The molecule has 4 N–H and O–H groups in total. The first-order valence-electron chi connectivity index (χ1n) is 8.70. The lowest BCUT2D eigenvalue weighted by Gasteiger charge is -2.35. The van der Waals surface area contributed by atoms with Gasteiger partial charge in [0.05, 0.1) is 5.56 Å². The Bertz CT molecular complexity index is 830. The SMILES string of the molecule is CNc1nc(Nc2ccc(N3CCN(C(C)=O)CC3)cc2)ncc1C(N)=O. The highest BCUT2D eigenvalue weighted by atomic mass is 16.2. The molecule has 142 valence electrons. The molecule has 0 aliphatic carbocycles. The molecule has 0 atom stereocenters. The number of nitrogens with two attached hydrogens (primary N) is 1. The van der Waals surface area contributed by atoms with E-state index in [1.54, 1.807) is 14.0 Å². The van der Waals surface area contributed by atoms with Gasteiger partial charge < -0.3 is 26.2 Å². The maximum atomic E-state index is 11.4. The normalized spacial score (nSPS) is 14.0. The summed E-state index contributed by atoms with van der Waals surface area (Å²) in [6.45, 7) is 4.71. The van der Waals surface area contributed by atoms with Crippen molar-refractivity contribution >= 4 is 35.0 Å². The molecular formula is C18H23N7O2. The van der Waals surface area contributed by atoms with Crippen molar-refractivity contribution in [1.29, 1.82) is 0 Å². The van der Waals surface area contributed by atoms with E-state index < -0.39 is 5.91 Å².